The van der Waals surface area contributed by atoms with E-state index in [4.69, 9.17) is 23.7 Å². The van der Waals surface area contributed by atoms with E-state index in [-0.39, 0.29) is 5.78 Å². The molecule has 0 amide bonds. The summed E-state index contributed by atoms with van der Waals surface area (Å²) in [5, 5.41) is 0. The maximum Gasteiger partial charge on any atom is 0.203 e. The predicted octanol–water partition coefficient (Wildman–Crippen LogP) is 5.20. The lowest BCUT2D eigenvalue weighted by Gasteiger charge is -2.13. The molecule has 0 aromatic heterocycles. The Bertz CT molecular complexity index is 1060. The molecule has 32 heavy (non-hydrogen) atoms. The van der Waals surface area contributed by atoms with E-state index >= 15 is 0 Å². The van der Waals surface area contributed by atoms with Gasteiger partial charge in [0.2, 0.25) is 5.75 Å². The number of allylic oxidation sites excluding steroid dienone is 1. The number of rotatable bonds is 10. The molecule has 166 valence electrons. The van der Waals surface area contributed by atoms with E-state index in [1.54, 1.807) is 64.8 Å². The molecule has 0 saturated carbocycles. The second kappa shape index (κ2) is 10.9. The Morgan fingerprint density at radius 2 is 1.41 bits per heavy atom. The third-order valence-electron chi connectivity index (χ3n) is 4.80. The molecule has 0 unspecified atom stereocenters. The van der Waals surface area contributed by atoms with Gasteiger partial charge in [0.15, 0.2) is 28.8 Å². The molecule has 0 fully saturated rings. The summed E-state index contributed by atoms with van der Waals surface area (Å²) in [5.74, 6) is 2.41. The number of hydrogen-bond donors (Lipinski definition) is 0. The Morgan fingerprint density at radius 3 is 2.00 bits per heavy atom. The van der Waals surface area contributed by atoms with E-state index in [2.05, 4.69) is 0 Å². The van der Waals surface area contributed by atoms with Gasteiger partial charge in [-0.05, 0) is 47.5 Å². The molecule has 6 heteroatoms. The Kier molecular flexibility index (Phi) is 7.75. The minimum absolute atomic E-state index is 0.175. The number of benzene rings is 3. The fourth-order valence-corrected chi connectivity index (χ4v) is 3.14. The van der Waals surface area contributed by atoms with Gasteiger partial charge in [-0.2, -0.15) is 0 Å². The van der Waals surface area contributed by atoms with Gasteiger partial charge >= 0.3 is 0 Å². The van der Waals surface area contributed by atoms with Crippen LogP contribution in [-0.4, -0.2) is 34.2 Å². The van der Waals surface area contributed by atoms with Gasteiger partial charge in [0, 0.05) is 5.56 Å². The van der Waals surface area contributed by atoms with Gasteiger partial charge in [-0.1, -0.05) is 36.4 Å². The summed E-state index contributed by atoms with van der Waals surface area (Å²) in [6, 6.07) is 18.4. The summed E-state index contributed by atoms with van der Waals surface area (Å²) in [6.45, 7) is 0.371. The minimum Gasteiger partial charge on any atom is -0.493 e. The van der Waals surface area contributed by atoms with Crippen LogP contribution in [0.5, 0.6) is 28.7 Å². The number of ketones is 1. The molecule has 0 atom stereocenters. The first kappa shape index (κ1) is 22.7. The van der Waals surface area contributed by atoms with Crippen LogP contribution >= 0.6 is 0 Å². The summed E-state index contributed by atoms with van der Waals surface area (Å²) in [7, 11) is 6.20. The number of hydrogen-bond acceptors (Lipinski definition) is 6. The number of carbonyl (C=O) groups is 1. The largest absolute Gasteiger partial charge is 0.493 e. The van der Waals surface area contributed by atoms with E-state index in [1.807, 2.05) is 30.3 Å². The smallest absolute Gasteiger partial charge is 0.203 e. The van der Waals surface area contributed by atoms with Gasteiger partial charge in [-0.15, -0.1) is 0 Å². The van der Waals surface area contributed by atoms with Gasteiger partial charge in [0.25, 0.3) is 0 Å². The Balaban J connectivity index is 1.81. The topological polar surface area (TPSA) is 63.2 Å². The zero-order chi connectivity index (χ0) is 22.9. The van der Waals surface area contributed by atoms with E-state index < -0.39 is 0 Å². The van der Waals surface area contributed by atoms with Gasteiger partial charge in [0.05, 0.1) is 28.4 Å². The summed E-state index contributed by atoms with van der Waals surface area (Å²) >= 11 is 0. The van der Waals surface area contributed by atoms with Crippen LogP contribution < -0.4 is 23.7 Å². The van der Waals surface area contributed by atoms with Crippen molar-refractivity contribution in [3.63, 3.8) is 0 Å². The Labute approximate surface area is 188 Å². The van der Waals surface area contributed by atoms with Gasteiger partial charge in [-0.25, -0.2) is 0 Å². The van der Waals surface area contributed by atoms with Gasteiger partial charge in [0.1, 0.15) is 6.61 Å². The van der Waals surface area contributed by atoms with Crippen molar-refractivity contribution in [1.82, 2.24) is 0 Å². The lowest BCUT2D eigenvalue weighted by atomic mass is 10.1. The second-order valence-corrected chi connectivity index (χ2v) is 6.80. The zero-order valence-electron chi connectivity index (χ0n) is 18.6. The molecule has 0 aliphatic rings. The second-order valence-electron chi connectivity index (χ2n) is 6.80. The molecule has 0 heterocycles. The first-order valence-corrected chi connectivity index (χ1v) is 9.96. The van der Waals surface area contributed by atoms with Gasteiger partial charge < -0.3 is 23.7 Å². The van der Waals surface area contributed by atoms with Crippen molar-refractivity contribution >= 4 is 11.9 Å². The lowest BCUT2D eigenvalue weighted by Crippen LogP contribution is -2.01. The molecule has 0 saturated heterocycles. The van der Waals surface area contributed by atoms with Crippen LogP contribution in [0.4, 0.5) is 0 Å². The first-order chi connectivity index (χ1) is 15.6. The van der Waals surface area contributed by atoms with Crippen LogP contribution in [0.1, 0.15) is 21.5 Å². The van der Waals surface area contributed by atoms with Crippen LogP contribution in [-0.2, 0) is 6.61 Å². The summed E-state index contributed by atoms with van der Waals surface area (Å²) in [5.41, 5.74) is 2.24. The summed E-state index contributed by atoms with van der Waals surface area (Å²) in [4.78, 5) is 12.8. The maximum atomic E-state index is 12.8. The SMILES string of the molecule is COc1ccc(C(=O)C=Cc2cc(OC)c(OC)c(OC)c2)cc1OCc1ccccc1. The molecule has 0 bridgehead atoms. The maximum absolute atomic E-state index is 12.8. The van der Waals surface area contributed by atoms with Crippen molar-refractivity contribution in [1.29, 1.82) is 0 Å². The minimum atomic E-state index is -0.175. The van der Waals surface area contributed by atoms with E-state index in [1.165, 1.54) is 6.08 Å². The lowest BCUT2D eigenvalue weighted by molar-refractivity contribution is 0.104. The molecular weight excluding hydrogens is 408 g/mol. The predicted molar refractivity (Wildman–Crippen MR) is 123 cm³/mol. The molecule has 0 spiro atoms. The summed E-state index contributed by atoms with van der Waals surface area (Å²) < 4.78 is 27.3. The quantitative estimate of drug-likeness (QED) is 0.323. The highest BCUT2D eigenvalue weighted by atomic mass is 16.5. The van der Waals surface area contributed by atoms with Crippen LogP contribution in [0.3, 0.4) is 0 Å². The van der Waals surface area contributed by atoms with Crippen molar-refractivity contribution in [2.45, 2.75) is 6.61 Å². The molecule has 3 aromatic rings. The molecule has 0 N–H and O–H groups in total. The molecule has 0 aliphatic heterocycles. The molecule has 6 nitrogen and oxygen atoms in total. The van der Waals surface area contributed by atoms with E-state index in [0.717, 1.165) is 11.1 Å². The third-order valence-corrected chi connectivity index (χ3v) is 4.80. The van der Waals surface area contributed by atoms with Crippen LogP contribution in [0, 0.1) is 0 Å². The third kappa shape index (κ3) is 5.40. The van der Waals surface area contributed by atoms with E-state index in [9.17, 15) is 4.79 Å². The van der Waals surface area contributed by atoms with Crippen LogP contribution in [0.25, 0.3) is 6.08 Å². The average molecular weight is 434 g/mol. The number of methoxy groups -OCH3 is 4. The fourth-order valence-electron chi connectivity index (χ4n) is 3.14. The Hall–Kier alpha value is -3.93. The van der Waals surface area contributed by atoms with Crippen molar-refractivity contribution < 1.29 is 28.5 Å². The average Bonchev–Trinajstić information content (AvgIpc) is 2.85. The molecule has 3 rings (SSSR count). The Morgan fingerprint density at radius 1 is 0.750 bits per heavy atom. The molecule has 0 radical (unpaired) electrons. The number of carbonyl (C=O) groups excluding carboxylic acids is 1. The van der Waals surface area contributed by atoms with Crippen molar-refractivity contribution in [3.05, 3.63) is 83.4 Å². The standard InChI is InChI=1S/C26H26O6/c1-28-22-13-11-20(16-23(22)32-17-18-8-6-5-7-9-18)21(27)12-10-19-14-24(29-2)26(31-4)25(15-19)30-3/h5-16H,17H2,1-4H3. The fraction of sp³-hybridized carbons (Fsp3) is 0.192. The molecule has 3 aromatic carbocycles. The van der Waals surface area contributed by atoms with Gasteiger partial charge in [-0.3, -0.25) is 4.79 Å². The van der Waals surface area contributed by atoms with Crippen LogP contribution in [0.2, 0.25) is 0 Å². The normalized spacial score (nSPS) is 10.6. The summed E-state index contributed by atoms with van der Waals surface area (Å²) in [6.07, 6.45) is 3.19. The van der Waals surface area contributed by atoms with E-state index in [0.29, 0.717) is 40.9 Å². The highest BCUT2D eigenvalue weighted by molar-refractivity contribution is 6.07. The zero-order valence-corrected chi connectivity index (χ0v) is 18.6. The first-order valence-electron chi connectivity index (χ1n) is 9.96. The monoisotopic (exact) mass is 434 g/mol. The highest BCUT2D eigenvalue weighted by Crippen LogP contribution is 2.38. The van der Waals surface area contributed by atoms with Crippen molar-refractivity contribution in [2.75, 3.05) is 28.4 Å². The molecule has 0 aliphatic carbocycles. The van der Waals surface area contributed by atoms with Crippen molar-refractivity contribution in [3.8, 4) is 28.7 Å². The van der Waals surface area contributed by atoms with Crippen molar-refractivity contribution in [2.24, 2.45) is 0 Å². The number of ether oxygens (including phenoxy) is 5. The highest BCUT2D eigenvalue weighted by Gasteiger charge is 2.13. The molecular formula is C26H26O6. The van der Waals surface area contributed by atoms with Crippen LogP contribution in [0.15, 0.2) is 66.7 Å².